The number of rotatable bonds is 3. The lowest BCUT2D eigenvalue weighted by Crippen LogP contribution is -2.43. The van der Waals surface area contributed by atoms with E-state index in [1.54, 1.807) is 24.8 Å². The van der Waals surface area contributed by atoms with Crippen LogP contribution in [-0.2, 0) is 9.59 Å². The maximum absolute atomic E-state index is 12.1. The van der Waals surface area contributed by atoms with Crippen molar-refractivity contribution in [3.63, 3.8) is 0 Å². The van der Waals surface area contributed by atoms with Gasteiger partial charge in [0.2, 0.25) is 11.8 Å². The van der Waals surface area contributed by atoms with Crippen LogP contribution in [0.25, 0.3) is 0 Å². The fourth-order valence-corrected chi connectivity index (χ4v) is 2.41. The second kappa shape index (κ2) is 6.26. The van der Waals surface area contributed by atoms with Crippen molar-refractivity contribution in [2.45, 2.75) is 32.1 Å². The number of anilines is 1. The molecule has 1 aliphatic heterocycles. The fourth-order valence-electron chi connectivity index (χ4n) is 2.27. The van der Waals surface area contributed by atoms with E-state index in [1.165, 1.54) is 0 Å². The first-order chi connectivity index (χ1) is 9.47. The number of aryl methyl sites for hydroxylation is 1. The van der Waals surface area contributed by atoms with Gasteiger partial charge < -0.3 is 14.7 Å². The van der Waals surface area contributed by atoms with E-state index < -0.39 is 5.38 Å². The molecule has 0 aromatic carbocycles. The summed E-state index contributed by atoms with van der Waals surface area (Å²) in [4.78, 5) is 25.5. The number of hydrogen-bond acceptors (Lipinski definition) is 4. The third kappa shape index (κ3) is 3.50. The Labute approximate surface area is 122 Å². The van der Waals surface area contributed by atoms with Crippen LogP contribution in [0.5, 0.6) is 0 Å². The van der Waals surface area contributed by atoms with E-state index in [2.05, 4.69) is 10.5 Å². The molecule has 0 bridgehead atoms. The van der Waals surface area contributed by atoms with Gasteiger partial charge in [-0.25, -0.2) is 0 Å². The summed E-state index contributed by atoms with van der Waals surface area (Å²) in [6, 6.07) is 1.67. The summed E-state index contributed by atoms with van der Waals surface area (Å²) in [6.45, 7) is 4.55. The van der Waals surface area contributed by atoms with Gasteiger partial charge in [-0.05, 0) is 26.7 Å². The van der Waals surface area contributed by atoms with Gasteiger partial charge >= 0.3 is 0 Å². The molecule has 20 heavy (non-hydrogen) atoms. The highest BCUT2D eigenvalue weighted by Crippen LogP contribution is 2.20. The van der Waals surface area contributed by atoms with Gasteiger partial charge in [-0.1, -0.05) is 5.16 Å². The van der Waals surface area contributed by atoms with Crippen molar-refractivity contribution < 1.29 is 14.1 Å². The molecular weight excluding hydrogens is 282 g/mol. The second-order valence-corrected chi connectivity index (χ2v) is 5.68. The molecule has 7 heteroatoms. The summed E-state index contributed by atoms with van der Waals surface area (Å²) in [5.74, 6) is 0.820. The van der Waals surface area contributed by atoms with Crippen LogP contribution in [0.15, 0.2) is 10.6 Å². The third-order valence-corrected chi connectivity index (χ3v) is 3.58. The van der Waals surface area contributed by atoms with Crippen LogP contribution in [0.2, 0.25) is 0 Å². The van der Waals surface area contributed by atoms with E-state index in [9.17, 15) is 9.59 Å². The molecule has 1 unspecified atom stereocenters. The molecule has 6 nitrogen and oxygen atoms in total. The highest BCUT2D eigenvalue weighted by atomic mass is 35.5. The van der Waals surface area contributed by atoms with Crippen molar-refractivity contribution in [3.8, 4) is 0 Å². The van der Waals surface area contributed by atoms with Crippen molar-refractivity contribution in [2.75, 3.05) is 18.4 Å². The highest BCUT2D eigenvalue weighted by Gasteiger charge is 2.29. The number of alkyl halides is 1. The maximum Gasteiger partial charge on any atom is 0.240 e. The lowest BCUT2D eigenvalue weighted by atomic mass is 9.95. The first-order valence-corrected chi connectivity index (χ1v) is 7.08. The van der Waals surface area contributed by atoms with Crippen LogP contribution in [0, 0.1) is 12.8 Å². The van der Waals surface area contributed by atoms with Crippen LogP contribution in [-0.4, -0.2) is 40.3 Å². The number of nitrogens with one attached hydrogen (secondary N) is 1. The number of hydrogen-bond donors (Lipinski definition) is 1. The van der Waals surface area contributed by atoms with E-state index in [0.717, 1.165) is 0 Å². The number of likely N-dealkylation sites (tertiary alicyclic amines) is 1. The highest BCUT2D eigenvalue weighted by molar-refractivity contribution is 6.30. The molecule has 2 rings (SSSR count). The van der Waals surface area contributed by atoms with E-state index in [-0.39, 0.29) is 17.7 Å². The van der Waals surface area contributed by atoms with Gasteiger partial charge in [0.05, 0.1) is 0 Å². The Balaban J connectivity index is 1.84. The fraction of sp³-hybridized carbons (Fsp3) is 0.615. The minimum atomic E-state index is -0.515. The molecule has 0 aliphatic carbocycles. The van der Waals surface area contributed by atoms with Gasteiger partial charge in [-0.3, -0.25) is 9.59 Å². The van der Waals surface area contributed by atoms with Crippen LogP contribution in [0.4, 0.5) is 5.82 Å². The summed E-state index contributed by atoms with van der Waals surface area (Å²) in [5, 5.41) is 5.94. The Morgan fingerprint density at radius 1 is 1.50 bits per heavy atom. The lowest BCUT2D eigenvalue weighted by Gasteiger charge is -2.31. The molecule has 1 saturated heterocycles. The topological polar surface area (TPSA) is 75.4 Å². The smallest absolute Gasteiger partial charge is 0.240 e. The summed E-state index contributed by atoms with van der Waals surface area (Å²) in [7, 11) is 0. The molecule has 1 N–H and O–H groups in total. The van der Waals surface area contributed by atoms with Crippen molar-refractivity contribution in [2.24, 2.45) is 5.92 Å². The minimum Gasteiger partial charge on any atom is -0.360 e. The first kappa shape index (κ1) is 14.8. The van der Waals surface area contributed by atoms with E-state index >= 15 is 0 Å². The molecule has 0 spiro atoms. The van der Waals surface area contributed by atoms with E-state index in [0.29, 0.717) is 37.5 Å². The average molecular weight is 300 g/mol. The van der Waals surface area contributed by atoms with Crippen molar-refractivity contribution in [1.29, 1.82) is 0 Å². The zero-order valence-electron chi connectivity index (χ0n) is 11.6. The van der Waals surface area contributed by atoms with Crippen molar-refractivity contribution >= 4 is 29.2 Å². The molecule has 110 valence electrons. The summed E-state index contributed by atoms with van der Waals surface area (Å²) < 4.78 is 4.90. The number of piperidine rings is 1. The average Bonchev–Trinajstić information content (AvgIpc) is 2.83. The molecule has 1 aromatic rings. The van der Waals surface area contributed by atoms with Gasteiger partial charge in [-0.15, -0.1) is 11.6 Å². The molecule has 1 aliphatic rings. The van der Waals surface area contributed by atoms with Gasteiger partial charge in [0.25, 0.3) is 0 Å². The molecule has 2 heterocycles. The van der Waals surface area contributed by atoms with Crippen molar-refractivity contribution in [1.82, 2.24) is 10.1 Å². The molecule has 0 saturated carbocycles. The van der Waals surface area contributed by atoms with Gasteiger partial charge in [0, 0.05) is 25.1 Å². The molecule has 1 fully saturated rings. The minimum absolute atomic E-state index is 0.0716. The van der Waals surface area contributed by atoms with Crippen LogP contribution in [0.3, 0.4) is 0 Å². The lowest BCUT2D eigenvalue weighted by molar-refractivity contribution is -0.133. The van der Waals surface area contributed by atoms with E-state index in [1.807, 2.05) is 0 Å². The number of aromatic nitrogens is 1. The predicted molar refractivity (Wildman–Crippen MR) is 74.5 cm³/mol. The number of halogens is 1. The maximum atomic E-state index is 12.1. The number of carbonyl (C=O) groups excluding carboxylic acids is 2. The Hall–Kier alpha value is -1.56. The summed E-state index contributed by atoms with van der Waals surface area (Å²) in [5.41, 5.74) is 0. The quantitative estimate of drug-likeness (QED) is 0.863. The van der Waals surface area contributed by atoms with E-state index in [4.69, 9.17) is 16.1 Å². The second-order valence-electron chi connectivity index (χ2n) is 5.03. The zero-order chi connectivity index (χ0) is 14.7. The number of nitrogens with zero attached hydrogens (tertiary/aromatic N) is 2. The standard InChI is InChI=1S/C13H18ClN3O3/c1-8-7-11(16-20-8)15-12(18)10-3-5-17(6-4-10)13(19)9(2)14/h7,9-10H,3-6H2,1-2H3,(H,15,16,18). The zero-order valence-corrected chi connectivity index (χ0v) is 12.3. The number of amides is 2. The molecule has 1 atom stereocenters. The first-order valence-electron chi connectivity index (χ1n) is 6.64. The number of carbonyl (C=O) groups is 2. The predicted octanol–water partition coefficient (Wildman–Crippen LogP) is 1.79. The van der Waals surface area contributed by atoms with Crippen LogP contribution < -0.4 is 5.32 Å². The summed E-state index contributed by atoms with van der Waals surface area (Å²) in [6.07, 6.45) is 1.27. The van der Waals surface area contributed by atoms with Crippen molar-refractivity contribution in [3.05, 3.63) is 11.8 Å². The Kier molecular flexibility index (Phi) is 4.65. The molecule has 0 radical (unpaired) electrons. The monoisotopic (exact) mass is 299 g/mol. The molecule has 1 aromatic heterocycles. The third-order valence-electron chi connectivity index (χ3n) is 3.40. The van der Waals surface area contributed by atoms with Crippen LogP contribution in [0.1, 0.15) is 25.5 Å². The molecular formula is C13H18ClN3O3. The SMILES string of the molecule is Cc1cc(NC(=O)C2CCN(C(=O)C(C)Cl)CC2)no1. The van der Waals surface area contributed by atoms with Gasteiger partial charge in [-0.2, -0.15) is 0 Å². The Morgan fingerprint density at radius 2 is 2.15 bits per heavy atom. The Bertz CT molecular complexity index is 493. The molecule has 2 amide bonds. The largest absolute Gasteiger partial charge is 0.360 e. The normalized spacial score (nSPS) is 17.9. The van der Waals surface area contributed by atoms with Gasteiger partial charge in [0.1, 0.15) is 11.1 Å². The van der Waals surface area contributed by atoms with Crippen LogP contribution >= 0.6 is 11.6 Å². The Morgan fingerprint density at radius 3 is 2.65 bits per heavy atom. The summed E-state index contributed by atoms with van der Waals surface area (Å²) >= 11 is 5.78. The van der Waals surface area contributed by atoms with Gasteiger partial charge in [0.15, 0.2) is 5.82 Å².